The number of rotatable bonds is 7. The Hall–Kier alpha value is -1.51. The minimum absolute atomic E-state index is 0. The van der Waals surface area contributed by atoms with E-state index >= 15 is 0 Å². The fourth-order valence-corrected chi connectivity index (χ4v) is 1.69. The van der Waals surface area contributed by atoms with Crippen LogP contribution in [-0.4, -0.2) is 38.3 Å². The summed E-state index contributed by atoms with van der Waals surface area (Å²) in [5, 5.41) is 2.54. The smallest absolute Gasteiger partial charge is 0.419 e. The van der Waals surface area contributed by atoms with Gasteiger partial charge < -0.3 is 20.5 Å². The Bertz CT molecular complexity index is 500. The summed E-state index contributed by atoms with van der Waals surface area (Å²) in [7, 11) is 1.41. The van der Waals surface area contributed by atoms with Gasteiger partial charge in [0.25, 0.3) is 0 Å². The van der Waals surface area contributed by atoms with Gasteiger partial charge >= 0.3 is 6.18 Å². The molecule has 3 N–H and O–H groups in total. The topological polar surface area (TPSA) is 73.6 Å². The van der Waals surface area contributed by atoms with Gasteiger partial charge in [0.15, 0.2) is 0 Å². The van der Waals surface area contributed by atoms with Crippen molar-refractivity contribution in [2.45, 2.75) is 25.2 Å². The molecule has 2 atom stereocenters. The number of benzene rings is 1. The van der Waals surface area contributed by atoms with E-state index in [0.29, 0.717) is 0 Å². The molecule has 0 bridgehead atoms. The molecule has 1 aromatic carbocycles. The van der Waals surface area contributed by atoms with E-state index in [4.69, 9.17) is 15.2 Å². The SMILES string of the molecule is COCC(N)C(=O)NC(C)COc1ccccc1C(F)(F)F.Cl. The zero-order valence-corrected chi connectivity index (χ0v) is 13.5. The maximum atomic E-state index is 12.8. The number of halogens is 4. The predicted octanol–water partition coefficient (Wildman–Crippen LogP) is 1.98. The van der Waals surface area contributed by atoms with Crippen LogP contribution in [0.5, 0.6) is 5.75 Å². The van der Waals surface area contributed by atoms with Crippen molar-refractivity contribution in [2.75, 3.05) is 20.3 Å². The molecular formula is C14H20ClF3N2O3. The molecule has 1 aromatic rings. The molecule has 0 saturated carbocycles. The molecular weight excluding hydrogens is 337 g/mol. The molecule has 132 valence electrons. The van der Waals surface area contributed by atoms with E-state index < -0.39 is 29.7 Å². The van der Waals surface area contributed by atoms with Gasteiger partial charge in [0.2, 0.25) is 5.91 Å². The fourth-order valence-electron chi connectivity index (χ4n) is 1.69. The Balaban J connectivity index is 0.00000484. The molecule has 23 heavy (non-hydrogen) atoms. The number of carbonyl (C=O) groups is 1. The van der Waals surface area contributed by atoms with Crippen LogP contribution in [0.3, 0.4) is 0 Å². The van der Waals surface area contributed by atoms with E-state index in [9.17, 15) is 18.0 Å². The maximum Gasteiger partial charge on any atom is 0.419 e. The van der Waals surface area contributed by atoms with Crippen molar-refractivity contribution in [3.63, 3.8) is 0 Å². The van der Waals surface area contributed by atoms with E-state index in [1.807, 2.05) is 0 Å². The second-order valence-corrected chi connectivity index (χ2v) is 4.78. The zero-order chi connectivity index (χ0) is 16.8. The molecule has 0 spiro atoms. The van der Waals surface area contributed by atoms with E-state index in [1.54, 1.807) is 6.92 Å². The summed E-state index contributed by atoms with van der Waals surface area (Å²) < 4.78 is 48.3. The summed E-state index contributed by atoms with van der Waals surface area (Å²) in [5.41, 5.74) is 4.68. The van der Waals surface area contributed by atoms with Gasteiger partial charge in [-0.25, -0.2) is 0 Å². The number of hydrogen-bond donors (Lipinski definition) is 2. The summed E-state index contributed by atoms with van der Waals surface area (Å²) >= 11 is 0. The lowest BCUT2D eigenvalue weighted by Gasteiger charge is -2.19. The van der Waals surface area contributed by atoms with Crippen LogP contribution in [0.1, 0.15) is 12.5 Å². The number of amides is 1. The van der Waals surface area contributed by atoms with Crippen molar-refractivity contribution in [2.24, 2.45) is 5.73 Å². The third-order valence-corrected chi connectivity index (χ3v) is 2.75. The van der Waals surface area contributed by atoms with Crippen molar-refractivity contribution in [1.29, 1.82) is 0 Å². The summed E-state index contributed by atoms with van der Waals surface area (Å²) in [6, 6.07) is 3.56. The number of nitrogens with two attached hydrogens (primary N) is 1. The van der Waals surface area contributed by atoms with Crippen LogP contribution in [0, 0.1) is 0 Å². The number of nitrogens with one attached hydrogen (secondary N) is 1. The lowest BCUT2D eigenvalue weighted by molar-refractivity contribution is -0.139. The molecule has 1 amide bonds. The van der Waals surface area contributed by atoms with Crippen molar-refractivity contribution in [3.8, 4) is 5.75 Å². The van der Waals surface area contributed by atoms with Gasteiger partial charge in [-0.2, -0.15) is 13.2 Å². The first kappa shape index (κ1) is 21.5. The number of para-hydroxylation sites is 1. The molecule has 0 aromatic heterocycles. The van der Waals surface area contributed by atoms with E-state index in [-0.39, 0.29) is 31.4 Å². The molecule has 0 heterocycles. The van der Waals surface area contributed by atoms with Crippen LogP contribution in [-0.2, 0) is 15.7 Å². The van der Waals surface area contributed by atoms with Gasteiger partial charge in [0, 0.05) is 7.11 Å². The minimum Gasteiger partial charge on any atom is -0.491 e. The van der Waals surface area contributed by atoms with Crippen LogP contribution in [0.15, 0.2) is 24.3 Å². The molecule has 0 aliphatic carbocycles. The molecule has 0 fully saturated rings. The number of methoxy groups -OCH3 is 1. The Kier molecular flexibility index (Phi) is 8.96. The summed E-state index contributed by atoms with van der Waals surface area (Å²) in [6.45, 7) is 1.54. The van der Waals surface area contributed by atoms with Gasteiger partial charge in [-0.15, -0.1) is 12.4 Å². The molecule has 2 unspecified atom stereocenters. The lowest BCUT2D eigenvalue weighted by atomic mass is 10.2. The molecule has 9 heteroatoms. The third kappa shape index (κ3) is 7.06. The first-order chi connectivity index (χ1) is 10.3. The van der Waals surface area contributed by atoms with Crippen molar-refractivity contribution in [1.82, 2.24) is 5.32 Å². The van der Waals surface area contributed by atoms with Crippen LogP contribution in [0.25, 0.3) is 0 Å². The van der Waals surface area contributed by atoms with Crippen molar-refractivity contribution >= 4 is 18.3 Å². The van der Waals surface area contributed by atoms with Crippen LogP contribution < -0.4 is 15.8 Å². The normalized spacial score (nSPS) is 13.7. The number of alkyl halides is 3. The summed E-state index contributed by atoms with van der Waals surface area (Å²) in [6.07, 6.45) is -4.50. The Morgan fingerprint density at radius 3 is 2.48 bits per heavy atom. The van der Waals surface area contributed by atoms with Gasteiger partial charge in [0.05, 0.1) is 18.2 Å². The highest BCUT2D eigenvalue weighted by Crippen LogP contribution is 2.35. The molecule has 0 radical (unpaired) electrons. The quantitative estimate of drug-likeness (QED) is 0.783. The number of ether oxygens (including phenoxy) is 2. The standard InChI is InChI=1S/C14H19F3N2O3.ClH/c1-9(19-13(20)11(18)8-21-2)7-22-12-6-4-3-5-10(12)14(15,16)17;/h3-6,9,11H,7-8,18H2,1-2H3,(H,19,20);1H. The highest BCUT2D eigenvalue weighted by atomic mass is 35.5. The second kappa shape index (κ2) is 9.59. The molecule has 0 aliphatic rings. The molecule has 1 rings (SSSR count). The van der Waals surface area contributed by atoms with Crippen molar-refractivity contribution < 1.29 is 27.4 Å². The van der Waals surface area contributed by atoms with Crippen LogP contribution in [0.4, 0.5) is 13.2 Å². The lowest BCUT2D eigenvalue weighted by Crippen LogP contribution is -2.48. The van der Waals surface area contributed by atoms with Crippen LogP contribution >= 0.6 is 12.4 Å². The highest BCUT2D eigenvalue weighted by molar-refractivity contribution is 5.85. The van der Waals surface area contributed by atoms with Gasteiger partial charge in [0.1, 0.15) is 18.4 Å². The zero-order valence-electron chi connectivity index (χ0n) is 12.7. The second-order valence-electron chi connectivity index (χ2n) is 4.78. The van der Waals surface area contributed by atoms with Crippen LogP contribution in [0.2, 0.25) is 0 Å². The van der Waals surface area contributed by atoms with Gasteiger partial charge in [-0.05, 0) is 19.1 Å². The van der Waals surface area contributed by atoms with Gasteiger partial charge in [-0.1, -0.05) is 12.1 Å². The van der Waals surface area contributed by atoms with Gasteiger partial charge in [-0.3, -0.25) is 4.79 Å². The summed E-state index contributed by atoms with van der Waals surface area (Å²) in [5.74, 6) is -0.737. The van der Waals surface area contributed by atoms with Crippen molar-refractivity contribution in [3.05, 3.63) is 29.8 Å². The minimum atomic E-state index is -4.50. The monoisotopic (exact) mass is 356 g/mol. The third-order valence-electron chi connectivity index (χ3n) is 2.75. The predicted molar refractivity (Wildman–Crippen MR) is 81.6 cm³/mol. The maximum absolute atomic E-state index is 12.8. The molecule has 0 aliphatic heterocycles. The van der Waals surface area contributed by atoms with E-state index in [2.05, 4.69) is 5.32 Å². The largest absolute Gasteiger partial charge is 0.491 e. The first-order valence-electron chi connectivity index (χ1n) is 6.59. The van der Waals surface area contributed by atoms with E-state index in [1.165, 1.54) is 25.3 Å². The average molecular weight is 357 g/mol. The Morgan fingerprint density at radius 1 is 1.30 bits per heavy atom. The summed E-state index contributed by atoms with van der Waals surface area (Å²) in [4.78, 5) is 11.6. The fraction of sp³-hybridized carbons (Fsp3) is 0.500. The Morgan fingerprint density at radius 2 is 1.91 bits per heavy atom. The molecule has 5 nitrogen and oxygen atoms in total. The highest BCUT2D eigenvalue weighted by Gasteiger charge is 2.34. The first-order valence-corrected chi connectivity index (χ1v) is 6.59. The molecule has 0 saturated heterocycles. The number of carbonyl (C=O) groups excluding carboxylic acids is 1. The average Bonchev–Trinajstić information content (AvgIpc) is 2.44. The Labute approximate surface area is 138 Å². The number of hydrogen-bond acceptors (Lipinski definition) is 4. The van der Waals surface area contributed by atoms with E-state index in [0.717, 1.165) is 6.07 Å².